The van der Waals surface area contributed by atoms with Gasteiger partial charge < -0.3 is 20.1 Å². The molecule has 0 heterocycles. The third kappa shape index (κ3) is 6.12. The Morgan fingerprint density at radius 1 is 1.18 bits per heavy atom. The van der Waals surface area contributed by atoms with E-state index in [-0.39, 0.29) is 23.0 Å². The Bertz CT molecular complexity index is 409. The Labute approximate surface area is 133 Å². The molecule has 0 aromatic carbocycles. The van der Waals surface area contributed by atoms with Crippen LogP contribution in [-0.2, 0) is 9.47 Å². The molecule has 1 fully saturated rings. The van der Waals surface area contributed by atoms with Crippen molar-refractivity contribution in [2.24, 2.45) is 10.8 Å². The van der Waals surface area contributed by atoms with Crippen molar-refractivity contribution in [3.63, 3.8) is 0 Å². The molecule has 0 aromatic rings. The second-order valence-electron chi connectivity index (χ2n) is 7.70. The minimum absolute atomic E-state index is 0.0455. The van der Waals surface area contributed by atoms with Crippen molar-refractivity contribution in [3.8, 4) is 0 Å². The molecule has 0 bridgehead atoms. The number of nitrogens with one attached hydrogen (secondary N) is 2. The number of hydrogen-bond acceptors (Lipinski definition) is 4. The van der Waals surface area contributed by atoms with Crippen molar-refractivity contribution in [1.29, 1.82) is 0 Å². The van der Waals surface area contributed by atoms with E-state index in [4.69, 9.17) is 9.47 Å². The van der Waals surface area contributed by atoms with E-state index < -0.39 is 12.2 Å². The van der Waals surface area contributed by atoms with Gasteiger partial charge in [0.15, 0.2) is 0 Å². The number of methoxy groups -OCH3 is 1. The zero-order valence-electron chi connectivity index (χ0n) is 14.6. The van der Waals surface area contributed by atoms with Gasteiger partial charge >= 0.3 is 12.2 Å². The van der Waals surface area contributed by atoms with Crippen LogP contribution in [0.15, 0.2) is 0 Å². The standard InChI is InChI=1S/C16H30N2O4/c1-11(2)22-13(19)17-10-16(5)8-12(18-14(20)21-6)7-15(3,4)9-16/h11-12H,7-10H2,1-6H3,(H,17,19)(H,18,20). The molecular formula is C16H30N2O4. The molecule has 0 spiro atoms. The molecule has 128 valence electrons. The van der Waals surface area contributed by atoms with Crippen LogP contribution in [0.5, 0.6) is 0 Å². The second kappa shape index (κ2) is 7.20. The van der Waals surface area contributed by atoms with Gasteiger partial charge in [0.05, 0.1) is 13.2 Å². The fourth-order valence-corrected chi connectivity index (χ4v) is 3.64. The SMILES string of the molecule is COC(=O)NC1CC(C)(C)CC(C)(CNC(=O)OC(C)C)C1. The van der Waals surface area contributed by atoms with E-state index in [1.165, 1.54) is 7.11 Å². The fraction of sp³-hybridized carbons (Fsp3) is 0.875. The average molecular weight is 314 g/mol. The Kier molecular flexibility index (Phi) is 6.08. The number of carbonyl (C=O) groups excluding carboxylic acids is 2. The molecule has 0 aromatic heterocycles. The van der Waals surface area contributed by atoms with Gasteiger partial charge in [0.2, 0.25) is 0 Å². The summed E-state index contributed by atoms with van der Waals surface area (Å²) in [6, 6.07) is 0.0455. The molecule has 2 unspecified atom stereocenters. The highest BCUT2D eigenvalue weighted by atomic mass is 16.6. The molecule has 1 aliphatic carbocycles. The molecule has 1 saturated carbocycles. The highest BCUT2D eigenvalue weighted by Gasteiger charge is 2.42. The lowest BCUT2D eigenvalue weighted by Gasteiger charge is -2.46. The quantitative estimate of drug-likeness (QED) is 0.836. The Morgan fingerprint density at radius 3 is 2.36 bits per heavy atom. The molecule has 6 heteroatoms. The summed E-state index contributed by atoms with van der Waals surface area (Å²) in [6.07, 6.45) is 1.74. The van der Waals surface area contributed by atoms with Crippen LogP contribution in [-0.4, -0.2) is 38.0 Å². The van der Waals surface area contributed by atoms with Crippen LogP contribution in [0.3, 0.4) is 0 Å². The smallest absolute Gasteiger partial charge is 0.407 e. The van der Waals surface area contributed by atoms with Crippen LogP contribution in [0.1, 0.15) is 53.9 Å². The largest absolute Gasteiger partial charge is 0.453 e. The zero-order valence-corrected chi connectivity index (χ0v) is 14.6. The number of alkyl carbamates (subject to hydrolysis) is 2. The van der Waals surface area contributed by atoms with Gasteiger partial charge in [-0.2, -0.15) is 0 Å². The van der Waals surface area contributed by atoms with E-state index in [0.29, 0.717) is 6.54 Å². The summed E-state index contributed by atoms with van der Waals surface area (Å²) in [4.78, 5) is 23.1. The van der Waals surface area contributed by atoms with Gasteiger partial charge in [-0.3, -0.25) is 0 Å². The molecule has 22 heavy (non-hydrogen) atoms. The maximum atomic E-state index is 11.7. The van der Waals surface area contributed by atoms with Gasteiger partial charge in [-0.1, -0.05) is 20.8 Å². The maximum absolute atomic E-state index is 11.7. The molecule has 2 atom stereocenters. The zero-order chi connectivity index (χ0) is 17.0. The lowest BCUT2D eigenvalue weighted by atomic mass is 9.62. The number of hydrogen-bond donors (Lipinski definition) is 2. The number of rotatable bonds is 4. The minimum Gasteiger partial charge on any atom is -0.453 e. The summed E-state index contributed by atoms with van der Waals surface area (Å²) in [6.45, 7) is 10.7. The average Bonchev–Trinajstić information content (AvgIpc) is 2.33. The predicted molar refractivity (Wildman–Crippen MR) is 84.7 cm³/mol. The third-order valence-electron chi connectivity index (χ3n) is 3.95. The highest BCUT2D eigenvalue weighted by Crippen LogP contribution is 2.45. The van der Waals surface area contributed by atoms with Crippen LogP contribution >= 0.6 is 0 Å². The first-order valence-electron chi connectivity index (χ1n) is 7.84. The van der Waals surface area contributed by atoms with Gasteiger partial charge in [0, 0.05) is 12.6 Å². The molecule has 1 aliphatic rings. The molecule has 6 nitrogen and oxygen atoms in total. The summed E-state index contributed by atoms with van der Waals surface area (Å²) >= 11 is 0. The number of carbonyl (C=O) groups is 2. The van der Waals surface area contributed by atoms with Gasteiger partial charge in [-0.15, -0.1) is 0 Å². The summed E-state index contributed by atoms with van der Waals surface area (Å²) in [5.74, 6) is 0. The molecular weight excluding hydrogens is 284 g/mol. The van der Waals surface area contributed by atoms with Gasteiger partial charge in [0.25, 0.3) is 0 Å². The van der Waals surface area contributed by atoms with E-state index in [2.05, 4.69) is 31.4 Å². The molecule has 2 amide bonds. The van der Waals surface area contributed by atoms with Crippen molar-refractivity contribution >= 4 is 12.2 Å². The Hall–Kier alpha value is -1.46. The highest BCUT2D eigenvalue weighted by molar-refractivity contribution is 5.68. The predicted octanol–water partition coefficient (Wildman–Crippen LogP) is 3.06. The topological polar surface area (TPSA) is 76.7 Å². The van der Waals surface area contributed by atoms with Gasteiger partial charge in [-0.25, -0.2) is 9.59 Å². The fourth-order valence-electron chi connectivity index (χ4n) is 3.64. The minimum atomic E-state index is -0.405. The van der Waals surface area contributed by atoms with E-state index in [9.17, 15) is 9.59 Å². The van der Waals surface area contributed by atoms with Gasteiger partial charge in [0.1, 0.15) is 0 Å². The van der Waals surface area contributed by atoms with Crippen LogP contribution in [0.2, 0.25) is 0 Å². The number of ether oxygens (including phenoxy) is 2. The first kappa shape index (κ1) is 18.6. The van der Waals surface area contributed by atoms with E-state index >= 15 is 0 Å². The number of amides is 2. The van der Waals surface area contributed by atoms with E-state index in [0.717, 1.165) is 19.3 Å². The van der Waals surface area contributed by atoms with Crippen molar-refractivity contribution < 1.29 is 19.1 Å². The molecule has 0 aliphatic heterocycles. The van der Waals surface area contributed by atoms with Gasteiger partial charge in [-0.05, 0) is 43.9 Å². The summed E-state index contributed by atoms with van der Waals surface area (Å²) in [7, 11) is 1.37. The molecule has 0 radical (unpaired) electrons. The normalized spacial score (nSPS) is 27.1. The van der Waals surface area contributed by atoms with Crippen LogP contribution in [0.25, 0.3) is 0 Å². The van der Waals surface area contributed by atoms with E-state index in [1.54, 1.807) is 0 Å². The van der Waals surface area contributed by atoms with Crippen molar-refractivity contribution in [1.82, 2.24) is 10.6 Å². The lowest BCUT2D eigenvalue weighted by molar-refractivity contribution is 0.0615. The Morgan fingerprint density at radius 2 is 1.82 bits per heavy atom. The Balaban J connectivity index is 2.65. The molecule has 0 saturated heterocycles. The van der Waals surface area contributed by atoms with Crippen LogP contribution < -0.4 is 10.6 Å². The summed E-state index contributed by atoms with van der Waals surface area (Å²) in [5.41, 5.74) is -0.00818. The van der Waals surface area contributed by atoms with Crippen LogP contribution in [0.4, 0.5) is 9.59 Å². The first-order chi connectivity index (χ1) is 10.1. The molecule has 1 rings (SSSR count). The second-order valence-corrected chi connectivity index (χ2v) is 7.70. The van der Waals surface area contributed by atoms with Crippen molar-refractivity contribution in [2.45, 2.75) is 66.0 Å². The van der Waals surface area contributed by atoms with Crippen molar-refractivity contribution in [3.05, 3.63) is 0 Å². The lowest BCUT2D eigenvalue weighted by Crippen LogP contribution is -2.50. The first-order valence-corrected chi connectivity index (χ1v) is 7.84. The molecule has 2 N–H and O–H groups in total. The summed E-state index contributed by atoms with van der Waals surface area (Å²) in [5, 5.41) is 5.74. The monoisotopic (exact) mass is 314 g/mol. The van der Waals surface area contributed by atoms with Crippen LogP contribution in [0, 0.1) is 10.8 Å². The third-order valence-corrected chi connectivity index (χ3v) is 3.95. The maximum Gasteiger partial charge on any atom is 0.407 e. The van der Waals surface area contributed by atoms with Crippen molar-refractivity contribution in [2.75, 3.05) is 13.7 Å². The van der Waals surface area contributed by atoms with E-state index in [1.807, 2.05) is 13.8 Å². The summed E-state index contributed by atoms with van der Waals surface area (Å²) < 4.78 is 9.80.